The van der Waals surface area contributed by atoms with Crippen LogP contribution in [0.25, 0.3) is 0 Å². The predicted octanol–water partition coefficient (Wildman–Crippen LogP) is 3.11. The minimum absolute atomic E-state index is 0.00899. The Morgan fingerprint density at radius 1 is 1.09 bits per heavy atom. The number of aliphatic hydroxyl groups is 1. The van der Waals surface area contributed by atoms with E-state index in [2.05, 4.69) is 5.32 Å². The highest BCUT2D eigenvalue weighted by Crippen LogP contribution is 2.18. The van der Waals surface area contributed by atoms with Crippen molar-refractivity contribution in [2.45, 2.75) is 57.1 Å². The van der Waals surface area contributed by atoms with Gasteiger partial charge in [0.1, 0.15) is 0 Å². The van der Waals surface area contributed by atoms with Crippen LogP contribution in [-0.2, 0) is 4.79 Å². The molecular weight excluding hydrogens is 302 g/mol. The number of rotatable bonds is 6. The summed E-state index contributed by atoms with van der Waals surface area (Å²) in [5.41, 5.74) is 0.631. The summed E-state index contributed by atoms with van der Waals surface area (Å²) >= 11 is 5.78. The van der Waals surface area contributed by atoms with Crippen molar-refractivity contribution in [3.63, 3.8) is 0 Å². The lowest BCUT2D eigenvalue weighted by atomic mass is 9.93. The number of carbonyl (C=O) groups is 2. The molecule has 0 unspecified atom stereocenters. The largest absolute Gasteiger partial charge is 0.393 e. The molecule has 0 spiro atoms. The van der Waals surface area contributed by atoms with Crippen molar-refractivity contribution in [2.75, 3.05) is 0 Å². The number of hydrogen-bond acceptors (Lipinski definition) is 3. The van der Waals surface area contributed by atoms with Crippen molar-refractivity contribution in [1.29, 1.82) is 0 Å². The van der Waals surface area contributed by atoms with Crippen LogP contribution < -0.4 is 5.32 Å². The van der Waals surface area contributed by atoms with Gasteiger partial charge >= 0.3 is 0 Å². The number of nitrogens with one attached hydrogen (secondary N) is 1. The summed E-state index contributed by atoms with van der Waals surface area (Å²) in [6.07, 6.45) is 4.21. The maximum Gasteiger partial charge on any atom is 0.220 e. The smallest absolute Gasteiger partial charge is 0.220 e. The summed E-state index contributed by atoms with van der Waals surface area (Å²) in [6.45, 7) is 0. The molecular formula is C17H22ClNO3. The van der Waals surface area contributed by atoms with Gasteiger partial charge in [0.15, 0.2) is 5.78 Å². The fourth-order valence-corrected chi connectivity index (χ4v) is 2.84. The Bertz CT molecular complexity index is 507. The Morgan fingerprint density at radius 3 is 2.36 bits per heavy atom. The first kappa shape index (κ1) is 17.0. The van der Waals surface area contributed by atoms with E-state index >= 15 is 0 Å². The summed E-state index contributed by atoms with van der Waals surface area (Å²) < 4.78 is 0. The van der Waals surface area contributed by atoms with Gasteiger partial charge in [0.25, 0.3) is 0 Å². The molecule has 0 aliphatic heterocycles. The first-order valence-corrected chi connectivity index (χ1v) is 8.18. The highest BCUT2D eigenvalue weighted by atomic mass is 35.5. The minimum atomic E-state index is -0.217. The van der Waals surface area contributed by atoms with Gasteiger partial charge in [0.05, 0.1) is 6.10 Å². The second-order valence-electron chi connectivity index (χ2n) is 5.86. The van der Waals surface area contributed by atoms with Gasteiger partial charge in [-0.3, -0.25) is 9.59 Å². The van der Waals surface area contributed by atoms with Gasteiger partial charge in [-0.15, -0.1) is 0 Å². The average Bonchev–Trinajstić information content (AvgIpc) is 2.50. The highest BCUT2D eigenvalue weighted by Gasteiger charge is 2.20. The highest BCUT2D eigenvalue weighted by molar-refractivity contribution is 6.30. The molecule has 1 fully saturated rings. The molecule has 1 aliphatic rings. The summed E-state index contributed by atoms with van der Waals surface area (Å²) in [7, 11) is 0. The maximum absolute atomic E-state index is 12.0. The number of amides is 1. The molecule has 1 aromatic carbocycles. The van der Waals surface area contributed by atoms with E-state index in [1.807, 2.05) is 0 Å². The topological polar surface area (TPSA) is 66.4 Å². The van der Waals surface area contributed by atoms with E-state index in [1.54, 1.807) is 24.3 Å². The summed E-state index contributed by atoms with van der Waals surface area (Å²) in [5.74, 6) is 0.0237. The second kappa shape index (κ2) is 8.30. The number of Topliss-reactive ketones (excluding diaryl/α,β-unsaturated/α-hetero) is 1. The van der Waals surface area contributed by atoms with E-state index in [9.17, 15) is 14.7 Å². The molecule has 1 amide bonds. The molecule has 22 heavy (non-hydrogen) atoms. The Labute approximate surface area is 135 Å². The lowest BCUT2D eigenvalue weighted by Crippen LogP contribution is -2.38. The third-order valence-corrected chi connectivity index (χ3v) is 4.29. The number of halogens is 1. The molecule has 0 heterocycles. The lowest BCUT2D eigenvalue weighted by molar-refractivity contribution is -0.122. The van der Waals surface area contributed by atoms with Crippen molar-refractivity contribution in [1.82, 2.24) is 5.32 Å². The van der Waals surface area contributed by atoms with Crippen LogP contribution in [0.1, 0.15) is 55.3 Å². The molecule has 4 nitrogen and oxygen atoms in total. The lowest BCUT2D eigenvalue weighted by Gasteiger charge is -2.26. The third-order valence-electron chi connectivity index (χ3n) is 4.04. The van der Waals surface area contributed by atoms with Crippen molar-refractivity contribution >= 4 is 23.3 Å². The Hall–Kier alpha value is -1.39. The monoisotopic (exact) mass is 323 g/mol. The van der Waals surface area contributed by atoms with Crippen molar-refractivity contribution in [3.05, 3.63) is 34.9 Å². The Balaban J connectivity index is 1.66. The third kappa shape index (κ3) is 5.43. The van der Waals surface area contributed by atoms with Gasteiger partial charge in [-0.2, -0.15) is 0 Å². The fraction of sp³-hybridized carbons (Fsp3) is 0.529. The van der Waals surface area contributed by atoms with Crippen molar-refractivity contribution < 1.29 is 14.7 Å². The zero-order chi connectivity index (χ0) is 15.9. The minimum Gasteiger partial charge on any atom is -0.393 e. The molecule has 2 N–H and O–H groups in total. The maximum atomic E-state index is 12.0. The number of aliphatic hydroxyl groups excluding tert-OH is 1. The quantitative estimate of drug-likeness (QED) is 0.790. The fourth-order valence-electron chi connectivity index (χ4n) is 2.71. The van der Waals surface area contributed by atoms with Gasteiger partial charge in [0.2, 0.25) is 5.91 Å². The Morgan fingerprint density at radius 2 is 1.73 bits per heavy atom. The summed E-state index contributed by atoms with van der Waals surface area (Å²) in [5, 5.41) is 13.0. The van der Waals surface area contributed by atoms with E-state index in [4.69, 9.17) is 11.6 Å². The van der Waals surface area contributed by atoms with Crippen LogP contribution >= 0.6 is 11.6 Å². The van der Waals surface area contributed by atoms with Gasteiger partial charge < -0.3 is 10.4 Å². The number of hydrogen-bond donors (Lipinski definition) is 2. The standard InChI is InChI=1S/C17H22ClNO3/c18-13-6-4-12(5-7-13)16(21)2-1-3-17(22)19-14-8-10-15(20)11-9-14/h4-7,14-15,20H,1-3,8-11H2,(H,19,22). The number of carbonyl (C=O) groups excluding carboxylic acids is 2. The SMILES string of the molecule is O=C(CCCC(=O)c1ccc(Cl)cc1)NC1CCC(O)CC1. The van der Waals surface area contributed by atoms with Crippen LogP contribution in [-0.4, -0.2) is 28.9 Å². The van der Waals surface area contributed by atoms with Crippen LogP contribution in [0, 0.1) is 0 Å². The molecule has 0 atom stereocenters. The average molecular weight is 324 g/mol. The molecule has 120 valence electrons. The zero-order valence-corrected chi connectivity index (χ0v) is 13.3. The van der Waals surface area contributed by atoms with Crippen LogP contribution in [0.4, 0.5) is 0 Å². The zero-order valence-electron chi connectivity index (χ0n) is 12.6. The molecule has 5 heteroatoms. The molecule has 1 aromatic rings. The van der Waals surface area contributed by atoms with E-state index in [-0.39, 0.29) is 23.8 Å². The molecule has 0 radical (unpaired) electrons. The number of ketones is 1. The van der Waals surface area contributed by atoms with Crippen molar-refractivity contribution in [2.24, 2.45) is 0 Å². The summed E-state index contributed by atoms with van der Waals surface area (Å²) in [6, 6.07) is 6.97. The molecule has 1 aliphatic carbocycles. The first-order valence-electron chi connectivity index (χ1n) is 7.81. The van der Waals surface area contributed by atoms with Gasteiger partial charge in [-0.1, -0.05) is 11.6 Å². The van der Waals surface area contributed by atoms with E-state index in [1.165, 1.54) is 0 Å². The van der Waals surface area contributed by atoms with E-state index in [0.717, 1.165) is 25.7 Å². The second-order valence-corrected chi connectivity index (χ2v) is 6.29. The normalized spacial score (nSPS) is 21.4. The van der Waals surface area contributed by atoms with Gasteiger partial charge in [-0.25, -0.2) is 0 Å². The molecule has 0 aromatic heterocycles. The Kier molecular flexibility index (Phi) is 6.40. The predicted molar refractivity (Wildman–Crippen MR) is 86.0 cm³/mol. The van der Waals surface area contributed by atoms with Crippen LogP contribution in [0.2, 0.25) is 5.02 Å². The van der Waals surface area contributed by atoms with Gasteiger partial charge in [0, 0.05) is 29.5 Å². The molecule has 0 saturated heterocycles. The molecule has 2 rings (SSSR count). The van der Waals surface area contributed by atoms with Crippen LogP contribution in [0.5, 0.6) is 0 Å². The first-order chi connectivity index (χ1) is 10.5. The van der Waals surface area contributed by atoms with Gasteiger partial charge in [-0.05, 0) is 56.4 Å². The number of benzene rings is 1. The van der Waals surface area contributed by atoms with Crippen molar-refractivity contribution in [3.8, 4) is 0 Å². The van der Waals surface area contributed by atoms with E-state index < -0.39 is 0 Å². The van der Waals surface area contributed by atoms with Crippen LogP contribution in [0.15, 0.2) is 24.3 Å². The molecule has 0 bridgehead atoms. The van der Waals surface area contributed by atoms with Crippen LogP contribution in [0.3, 0.4) is 0 Å². The van der Waals surface area contributed by atoms with E-state index in [0.29, 0.717) is 29.8 Å². The molecule has 1 saturated carbocycles. The summed E-state index contributed by atoms with van der Waals surface area (Å²) in [4.78, 5) is 23.8.